The number of benzene rings is 1. The van der Waals surface area contributed by atoms with E-state index < -0.39 is 0 Å². The molecular weight excluding hydrogens is 340 g/mol. The minimum atomic E-state index is -0.223. The number of anilines is 1. The second-order valence-corrected chi connectivity index (χ2v) is 7.55. The molecule has 0 saturated heterocycles. The van der Waals surface area contributed by atoms with Crippen LogP contribution in [0.3, 0.4) is 0 Å². The highest BCUT2D eigenvalue weighted by Crippen LogP contribution is 2.37. The fourth-order valence-electron chi connectivity index (χ4n) is 3.25. The SMILES string of the molecule is Cc1noc(C)c1C(=O)Nc1ccc(N=C(CC(=N)C2CC2)C2CC2)cc1. The molecule has 0 spiro atoms. The van der Waals surface area contributed by atoms with Gasteiger partial charge in [0.25, 0.3) is 5.91 Å². The number of carbonyl (C=O) groups is 1. The summed E-state index contributed by atoms with van der Waals surface area (Å²) < 4.78 is 5.05. The highest BCUT2D eigenvalue weighted by molar-refractivity contribution is 6.07. The molecule has 0 bridgehead atoms. The van der Waals surface area contributed by atoms with Crippen LogP contribution in [0.5, 0.6) is 0 Å². The Labute approximate surface area is 158 Å². The number of nitrogens with one attached hydrogen (secondary N) is 2. The Morgan fingerprint density at radius 3 is 2.41 bits per heavy atom. The van der Waals surface area contributed by atoms with Gasteiger partial charge in [-0.3, -0.25) is 9.79 Å². The average molecular weight is 364 g/mol. The van der Waals surface area contributed by atoms with Crippen LogP contribution in [-0.2, 0) is 0 Å². The summed E-state index contributed by atoms with van der Waals surface area (Å²) in [7, 11) is 0. The summed E-state index contributed by atoms with van der Waals surface area (Å²) >= 11 is 0. The predicted molar refractivity (Wildman–Crippen MR) is 105 cm³/mol. The van der Waals surface area contributed by atoms with Gasteiger partial charge in [-0.1, -0.05) is 5.16 Å². The molecule has 1 aromatic heterocycles. The summed E-state index contributed by atoms with van der Waals surface area (Å²) in [4.78, 5) is 17.2. The number of aliphatic imine (C=N–C) groups is 1. The van der Waals surface area contributed by atoms with Crippen molar-refractivity contribution in [3.05, 3.63) is 41.3 Å². The van der Waals surface area contributed by atoms with E-state index in [0.717, 1.165) is 30.0 Å². The topological polar surface area (TPSA) is 91.3 Å². The quantitative estimate of drug-likeness (QED) is 0.688. The third-order valence-electron chi connectivity index (χ3n) is 5.15. The fourth-order valence-corrected chi connectivity index (χ4v) is 3.25. The highest BCUT2D eigenvalue weighted by atomic mass is 16.5. The number of hydrogen-bond acceptors (Lipinski definition) is 5. The van der Waals surface area contributed by atoms with Crippen molar-refractivity contribution in [2.75, 3.05) is 5.32 Å². The van der Waals surface area contributed by atoms with Crippen LogP contribution in [0.25, 0.3) is 0 Å². The molecule has 2 fully saturated rings. The Bertz CT molecular complexity index is 883. The Hall–Kier alpha value is -2.76. The van der Waals surface area contributed by atoms with Crippen LogP contribution in [0.1, 0.15) is 53.9 Å². The minimum Gasteiger partial charge on any atom is -0.361 e. The first kappa shape index (κ1) is 17.6. The number of rotatable bonds is 7. The lowest BCUT2D eigenvalue weighted by molar-refractivity contribution is 0.102. The van der Waals surface area contributed by atoms with E-state index in [-0.39, 0.29) is 5.91 Å². The molecule has 2 aliphatic carbocycles. The van der Waals surface area contributed by atoms with E-state index in [4.69, 9.17) is 14.9 Å². The Kier molecular flexibility index (Phi) is 4.64. The number of nitrogens with zero attached hydrogens (tertiary/aromatic N) is 2. The van der Waals surface area contributed by atoms with E-state index in [2.05, 4.69) is 10.5 Å². The van der Waals surface area contributed by atoms with Gasteiger partial charge in [0.1, 0.15) is 11.3 Å². The van der Waals surface area contributed by atoms with Crippen LogP contribution in [0.15, 0.2) is 33.8 Å². The Morgan fingerprint density at radius 1 is 1.19 bits per heavy atom. The molecule has 1 heterocycles. The van der Waals surface area contributed by atoms with Crippen LogP contribution < -0.4 is 5.32 Å². The molecule has 6 heteroatoms. The summed E-state index contributed by atoms with van der Waals surface area (Å²) in [5, 5.41) is 14.9. The van der Waals surface area contributed by atoms with E-state index in [1.54, 1.807) is 13.8 Å². The van der Waals surface area contributed by atoms with Crippen molar-refractivity contribution in [1.82, 2.24) is 5.16 Å². The monoisotopic (exact) mass is 364 g/mol. The van der Waals surface area contributed by atoms with Crippen molar-refractivity contribution in [3.8, 4) is 0 Å². The van der Waals surface area contributed by atoms with Crippen molar-refractivity contribution >= 4 is 28.7 Å². The van der Waals surface area contributed by atoms with Crippen LogP contribution in [0, 0.1) is 31.1 Å². The zero-order valence-corrected chi connectivity index (χ0v) is 15.7. The van der Waals surface area contributed by atoms with Crippen molar-refractivity contribution in [2.24, 2.45) is 16.8 Å². The number of aromatic nitrogens is 1. The summed E-state index contributed by atoms with van der Waals surface area (Å²) in [6, 6.07) is 7.52. The second kappa shape index (κ2) is 7.10. The third kappa shape index (κ3) is 4.15. The maximum atomic E-state index is 12.4. The van der Waals surface area contributed by atoms with Crippen LogP contribution in [0.2, 0.25) is 0 Å². The molecule has 2 aliphatic rings. The van der Waals surface area contributed by atoms with Gasteiger partial charge in [0, 0.05) is 23.5 Å². The Morgan fingerprint density at radius 2 is 1.85 bits per heavy atom. The van der Waals surface area contributed by atoms with Gasteiger partial charge in [-0.05, 0) is 75.6 Å². The van der Waals surface area contributed by atoms with Crippen molar-refractivity contribution in [1.29, 1.82) is 5.41 Å². The summed E-state index contributed by atoms with van der Waals surface area (Å²) in [6.45, 7) is 3.48. The Balaban J connectivity index is 1.44. The molecule has 6 nitrogen and oxygen atoms in total. The lowest BCUT2D eigenvalue weighted by Crippen LogP contribution is -2.13. The fraction of sp³-hybridized carbons (Fsp3) is 0.429. The lowest BCUT2D eigenvalue weighted by Gasteiger charge is -2.08. The molecule has 2 aromatic rings. The van der Waals surface area contributed by atoms with E-state index in [0.29, 0.717) is 41.0 Å². The van der Waals surface area contributed by atoms with Crippen LogP contribution >= 0.6 is 0 Å². The molecule has 0 unspecified atom stereocenters. The van der Waals surface area contributed by atoms with Gasteiger partial charge >= 0.3 is 0 Å². The zero-order valence-electron chi connectivity index (χ0n) is 15.7. The first-order valence-corrected chi connectivity index (χ1v) is 9.50. The van der Waals surface area contributed by atoms with Gasteiger partial charge in [0.2, 0.25) is 0 Å². The summed E-state index contributed by atoms with van der Waals surface area (Å²) in [5.41, 5.74) is 4.61. The van der Waals surface area contributed by atoms with Crippen LogP contribution in [0.4, 0.5) is 11.4 Å². The highest BCUT2D eigenvalue weighted by Gasteiger charge is 2.32. The maximum absolute atomic E-state index is 12.4. The lowest BCUT2D eigenvalue weighted by atomic mass is 10.1. The molecule has 1 aromatic carbocycles. The summed E-state index contributed by atoms with van der Waals surface area (Å²) in [5.74, 6) is 1.33. The number of carbonyl (C=O) groups excluding carboxylic acids is 1. The normalized spacial score (nSPS) is 17.0. The summed E-state index contributed by atoms with van der Waals surface area (Å²) in [6.07, 6.45) is 5.40. The molecule has 0 aliphatic heterocycles. The largest absolute Gasteiger partial charge is 0.361 e. The molecule has 2 saturated carbocycles. The number of amides is 1. The van der Waals surface area contributed by atoms with E-state index in [9.17, 15) is 4.79 Å². The zero-order chi connectivity index (χ0) is 19.0. The van der Waals surface area contributed by atoms with Crippen molar-refractivity contribution in [3.63, 3.8) is 0 Å². The van der Waals surface area contributed by atoms with Gasteiger partial charge in [0.15, 0.2) is 0 Å². The van der Waals surface area contributed by atoms with Gasteiger partial charge in [-0.25, -0.2) is 0 Å². The molecule has 0 radical (unpaired) electrons. The first-order valence-electron chi connectivity index (χ1n) is 9.50. The van der Waals surface area contributed by atoms with Gasteiger partial charge in [0.05, 0.1) is 11.4 Å². The number of hydrogen-bond donors (Lipinski definition) is 2. The standard InChI is InChI=1S/C21H24N4O2/c1-12-20(13(2)27-25-12)21(26)24-17-9-7-16(8-10-17)23-19(15-5-6-15)11-18(22)14-3-4-14/h7-10,14-15,22H,3-6,11H2,1-2H3,(H,24,26). The molecule has 1 amide bonds. The molecule has 4 rings (SSSR count). The van der Waals surface area contributed by atoms with Gasteiger partial charge in [-0.2, -0.15) is 0 Å². The van der Waals surface area contributed by atoms with E-state index in [1.807, 2.05) is 24.3 Å². The maximum Gasteiger partial charge on any atom is 0.261 e. The smallest absolute Gasteiger partial charge is 0.261 e. The molecule has 27 heavy (non-hydrogen) atoms. The van der Waals surface area contributed by atoms with E-state index >= 15 is 0 Å². The first-order chi connectivity index (χ1) is 13.0. The molecule has 140 valence electrons. The number of aryl methyl sites for hydroxylation is 2. The average Bonchev–Trinajstić information content (AvgIpc) is 3.54. The van der Waals surface area contributed by atoms with Crippen molar-refractivity contribution < 1.29 is 9.32 Å². The second-order valence-electron chi connectivity index (χ2n) is 7.55. The molecular formula is C21H24N4O2. The molecule has 2 N–H and O–H groups in total. The van der Waals surface area contributed by atoms with Gasteiger partial charge in [-0.15, -0.1) is 0 Å². The van der Waals surface area contributed by atoms with E-state index in [1.165, 1.54) is 12.8 Å². The van der Waals surface area contributed by atoms with Crippen molar-refractivity contribution in [2.45, 2.75) is 46.0 Å². The third-order valence-corrected chi connectivity index (χ3v) is 5.15. The van der Waals surface area contributed by atoms with Gasteiger partial charge < -0.3 is 15.2 Å². The molecule has 0 atom stereocenters. The minimum absolute atomic E-state index is 0.223. The predicted octanol–water partition coefficient (Wildman–Crippen LogP) is 4.85. The van der Waals surface area contributed by atoms with Crippen LogP contribution in [-0.4, -0.2) is 22.5 Å².